The number of carboxylic acids is 1. The van der Waals surface area contributed by atoms with Crippen LogP contribution in [0.4, 0.5) is 0 Å². The molecule has 1 heterocycles. The van der Waals surface area contributed by atoms with Crippen molar-refractivity contribution in [3.63, 3.8) is 0 Å². The van der Waals surface area contributed by atoms with E-state index in [1.807, 2.05) is 6.92 Å². The molecule has 0 bridgehead atoms. The van der Waals surface area contributed by atoms with E-state index in [4.69, 9.17) is 5.11 Å². The molecule has 0 aromatic heterocycles. The SMILES string of the molecule is CCCC(C)CN1CCC(C)C1C(=O)O. The Bertz CT molecular complexity index is 218. The molecule has 0 saturated carbocycles. The molecule has 0 aromatic carbocycles. The van der Waals surface area contributed by atoms with Gasteiger partial charge in [0.1, 0.15) is 6.04 Å². The summed E-state index contributed by atoms with van der Waals surface area (Å²) in [5, 5.41) is 9.16. The lowest BCUT2D eigenvalue weighted by Crippen LogP contribution is -2.41. The highest BCUT2D eigenvalue weighted by molar-refractivity contribution is 5.74. The maximum atomic E-state index is 11.1. The molecule has 0 aliphatic carbocycles. The second-order valence-corrected chi connectivity index (χ2v) is 4.94. The molecule has 88 valence electrons. The van der Waals surface area contributed by atoms with E-state index in [1.165, 1.54) is 12.8 Å². The standard InChI is InChI=1S/C12H23NO2/c1-4-5-9(2)8-13-7-6-10(3)11(13)12(14)15/h9-11H,4-8H2,1-3H3,(H,14,15). The first-order valence-corrected chi connectivity index (χ1v) is 6.03. The summed E-state index contributed by atoms with van der Waals surface area (Å²) < 4.78 is 0. The lowest BCUT2D eigenvalue weighted by Gasteiger charge is -2.26. The minimum atomic E-state index is -0.649. The van der Waals surface area contributed by atoms with E-state index in [9.17, 15) is 4.79 Å². The summed E-state index contributed by atoms with van der Waals surface area (Å²) in [6.07, 6.45) is 3.40. The van der Waals surface area contributed by atoms with Gasteiger partial charge in [-0.1, -0.05) is 27.2 Å². The first-order chi connectivity index (χ1) is 7.06. The fraction of sp³-hybridized carbons (Fsp3) is 0.917. The molecule has 1 fully saturated rings. The van der Waals surface area contributed by atoms with Gasteiger partial charge in [-0.05, 0) is 31.2 Å². The van der Waals surface area contributed by atoms with Crippen LogP contribution in [0.1, 0.15) is 40.0 Å². The number of carbonyl (C=O) groups is 1. The molecule has 3 atom stereocenters. The summed E-state index contributed by atoms with van der Waals surface area (Å²) in [5.74, 6) is 0.266. The molecule has 3 nitrogen and oxygen atoms in total. The van der Waals surface area contributed by atoms with E-state index >= 15 is 0 Å². The minimum Gasteiger partial charge on any atom is -0.480 e. The lowest BCUT2D eigenvalue weighted by atomic mass is 10.0. The van der Waals surface area contributed by atoms with Crippen molar-refractivity contribution in [3.05, 3.63) is 0 Å². The van der Waals surface area contributed by atoms with Crippen LogP contribution < -0.4 is 0 Å². The van der Waals surface area contributed by atoms with E-state index < -0.39 is 5.97 Å². The molecule has 0 aromatic rings. The molecule has 3 unspecified atom stereocenters. The van der Waals surface area contributed by atoms with Crippen molar-refractivity contribution >= 4 is 5.97 Å². The van der Waals surface area contributed by atoms with Crippen molar-refractivity contribution in [3.8, 4) is 0 Å². The number of rotatable bonds is 5. The van der Waals surface area contributed by atoms with Crippen molar-refractivity contribution in [1.29, 1.82) is 0 Å². The largest absolute Gasteiger partial charge is 0.480 e. The van der Waals surface area contributed by atoms with Gasteiger partial charge in [0.15, 0.2) is 0 Å². The van der Waals surface area contributed by atoms with E-state index in [0.717, 1.165) is 19.5 Å². The number of nitrogens with zero attached hydrogens (tertiary/aromatic N) is 1. The molecule has 0 radical (unpaired) electrons. The van der Waals surface area contributed by atoms with Gasteiger partial charge in [-0.3, -0.25) is 9.69 Å². The van der Waals surface area contributed by atoms with Gasteiger partial charge in [0, 0.05) is 6.54 Å². The van der Waals surface area contributed by atoms with Crippen molar-refractivity contribution in [2.24, 2.45) is 11.8 Å². The molecule has 15 heavy (non-hydrogen) atoms. The Morgan fingerprint density at radius 2 is 2.27 bits per heavy atom. The third kappa shape index (κ3) is 3.20. The van der Waals surface area contributed by atoms with Crippen LogP contribution in [0, 0.1) is 11.8 Å². The average Bonchev–Trinajstić information content (AvgIpc) is 2.47. The van der Waals surface area contributed by atoms with E-state index in [1.54, 1.807) is 0 Å². The number of hydrogen-bond donors (Lipinski definition) is 1. The predicted molar refractivity (Wildman–Crippen MR) is 60.8 cm³/mol. The van der Waals surface area contributed by atoms with E-state index in [-0.39, 0.29) is 6.04 Å². The second-order valence-electron chi connectivity index (χ2n) is 4.94. The van der Waals surface area contributed by atoms with Gasteiger partial charge >= 0.3 is 5.97 Å². The van der Waals surface area contributed by atoms with Gasteiger partial charge in [-0.15, -0.1) is 0 Å². The Hall–Kier alpha value is -0.570. The van der Waals surface area contributed by atoms with Crippen molar-refractivity contribution in [2.75, 3.05) is 13.1 Å². The molecule has 3 heteroatoms. The summed E-state index contributed by atoms with van der Waals surface area (Å²) in [5.41, 5.74) is 0. The Balaban J connectivity index is 2.50. The summed E-state index contributed by atoms with van der Waals surface area (Å²) >= 11 is 0. The Morgan fingerprint density at radius 3 is 2.80 bits per heavy atom. The molecule has 1 aliphatic rings. The van der Waals surface area contributed by atoms with Gasteiger partial charge in [0.05, 0.1) is 0 Å². The molecule has 1 rings (SSSR count). The molecule has 0 spiro atoms. The molecule has 1 aliphatic heterocycles. The fourth-order valence-electron chi connectivity index (χ4n) is 2.62. The van der Waals surface area contributed by atoms with Crippen molar-refractivity contribution in [2.45, 2.75) is 46.1 Å². The zero-order chi connectivity index (χ0) is 11.4. The first kappa shape index (κ1) is 12.5. The first-order valence-electron chi connectivity index (χ1n) is 6.03. The van der Waals surface area contributed by atoms with Crippen LogP contribution in [-0.4, -0.2) is 35.1 Å². The highest BCUT2D eigenvalue weighted by atomic mass is 16.4. The van der Waals surface area contributed by atoms with Crippen LogP contribution in [0.2, 0.25) is 0 Å². The van der Waals surface area contributed by atoms with Crippen LogP contribution in [0.5, 0.6) is 0 Å². The maximum Gasteiger partial charge on any atom is 0.321 e. The molecule has 1 saturated heterocycles. The highest BCUT2D eigenvalue weighted by Crippen LogP contribution is 2.25. The summed E-state index contributed by atoms with van der Waals surface area (Å²) in [6.45, 7) is 8.33. The quantitative estimate of drug-likeness (QED) is 0.761. The zero-order valence-corrected chi connectivity index (χ0v) is 10.1. The third-order valence-corrected chi connectivity index (χ3v) is 3.38. The van der Waals surface area contributed by atoms with E-state index in [2.05, 4.69) is 18.7 Å². The number of carboxylic acid groups (broad SMARTS) is 1. The van der Waals surface area contributed by atoms with Gasteiger partial charge < -0.3 is 5.11 Å². The summed E-state index contributed by atoms with van der Waals surface area (Å²) in [4.78, 5) is 13.3. The Labute approximate surface area is 92.5 Å². The zero-order valence-electron chi connectivity index (χ0n) is 10.1. The molecular formula is C12H23NO2. The van der Waals surface area contributed by atoms with Gasteiger partial charge in [0.25, 0.3) is 0 Å². The van der Waals surface area contributed by atoms with E-state index in [0.29, 0.717) is 11.8 Å². The van der Waals surface area contributed by atoms with Crippen LogP contribution in [0.3, 0.4) is 0 Å². The second kappa shape index (κ2) is 5.50. The Kier molecular flexibility index (Phi) is 4.58. The van der Waals surface area contributed by atoms with Gasteiger partial charge in [0.2, 0.25) is 0 Å². The van der Waals surface area contributed by atoms with Crippen LogP contribution in [0.25, 0.3) is 0 Å². The highest BCUT2D eigenvalue weighted by Gasteiger charge is 2.36. The number of likely N-dealkylation sites (tertiary alicyclic amines) is 1. The Morgan fingerprint density at radius 1 is 1.60 bits per heavy atom. The summed E-state index contributed by atoms with van der Waals surface area (Å²) in [6, 6.07) is -0.246. The van der Waals surface area contributed by atoms with Crippen molar-refractivity contribution in [1.82, 2.24) is 4.90 Å². The van der Waals surface area contributed by atoms with Gasteiger partial charge in [-0.25, -0.2) is 0 Å². The molecule has 1 N–H and O–H groups in total. The van der Waals surface area contributed by atoms with Crippen LogP contribution in [0.15, 0.2) is 0 Å². The smallest absolute Gasteiger partial charge is 0.321 e. The normalized spacial score (nSPS) is 29.3. The fourth-order valence-corrected chi connectivity index (χ4v) is 2.62. The average molecular weight is 213 g/mol. The number of aliphatic carboxylic acids is 1. The topological polar surface area (TPSA) is 40.5 Å². The van der Waals surface area contributed by atoms with Gasteiger partial charge in [-0.2, -0.15) is 0 Å². The lowest BCUT2D eigenvalue weighted by molar-refractivity contribution is -0.143. The van der Waals surface area contributed by atoms with Crippen molar-refractivity contribution < 1.29 is 9.90 Å². The monoisotopic (exact) mass is 213 g/mol. The number of hydrogen-bond acceptors (Lipinski definition) is 2. The maximum absolute atomic E-state index is 11.1. The molecular weight excluding hydrogens is 190 g/mol. The predicted octanol–water partition coefficient (Wildman–Crippen LogP) is 2.22. The van der Waals surface area contributed by atoms with Crippen LogP contribution >= 0.6 is 0 Å². The molecule has 0 amide bonds. The summed E-state index contributed by atoms with van der Waals surface area (Å²) in [7, 11) is 0. The third-order valence-electron chi connectivity index (χ3n) is 3.38. The minimum absolute atomic E-state index is 0.246. The van der Waals surface area contributed by atoms with Crippen LogP contribution in [-0.2, 0) is 4.79 Å².